The van der Waals surface area contributed by atoms with Crippen molar-refractivity contribution in [3.8, 4) is 5.75 Å². The lowest BCUT2D eigenvalue weighted by atomic mass is 9.81. The van der Waals surface area contributed by atoms with E-state index in [1.807, 2.05) is 0 Å². The molecule has 0 radical (unpaired) electrons. The minimum Gasteiger partial charge on any atom is -0.497 e. The van der Waals surface area contributed by atoms with E-state index in [1.165, 1.54) is 25.4 Å². The van der Waals surface area contributed by atoms with Gasteiger partial charge in [-0.05, 0) is 23.8 Å². The number of rotatable bonds is 4. The number of alkyl halides is 5. The van der Waals surface area contributed by atoms with Gasteiger partial charge >= 0.3 is 12.1 Å². The van der Waals surface area contributed by atoms with Crippen LogP contribution in [-0.4, -0.2) is 29.3 Å². The van der Waals surface area contributed by atoms with Crippen molar-refractivity contribution < 1.29 is 31.8 Å². The van der Waals surface area contributed by atoms with Crippen LogP contribution < -0.4 is 4.74 Å². The number of ether oxygens (including phenoxy) is 1. The minimum atomic E-state index is -5.96. The summed E-state index contributed by atoms with van der Waals surface area (Å²) in [5, 5.41) is 10.4. The number of benzene rings is 1. The van der Waals surface area contributed by atoms with E-state index in [2.05, 4.69) is 4.98 Å². The van der Waals surface area contributed by atoms with E-state index in [4.69, 9.17) is 4.74 Å². The molecule has 0 aliphatic carbocycles. The molecule has 0 fully saturated rings. The van der Waals surface area contributed by atoms with Gasteiger partial charge in [0.15, 0.2) is 5.60 Å². The van der Waals surface area contributed by atoms with E-state index in [9.17, 15) is 27.1 Å². The summed E-state index contributed by atoms with van der Waals surface area (Å²) in [5.41, 5.74) is -4.92. The van der Waals surface area contributed by atoms with Crippen molar-refractivity contribution in [2.24, 2.45) is 0 Å². The number of hydrogen-bond acceptors (Lipinski definition) is 3. The third-order valence-corrected chi connectivity index (χ3v) is 3.40. The molecule has 0 spiro atoms. The Balaban J connectivity index is 2.70. The van der Waals surface area contributed by atoms with Gasteiger partial charge in [-0.3, -0.25) is 4.98 Å². The van der Waals surface area contributed by atoms with Crippen LogP contribution in [-0.2, 0) is 5.60 Å². The molecule has 8 heteroatoms. The number of hydrogen-bond donors (Lipinski definition) is 1. The smallest absolute Gasteiger partial charge is 0.457 e. The van der Waals surface area contributed by atoms with Crippen LogP contribution in [0.1, 0.15) is 11.1 Å². The maximum atomic E-state index is 14.1. The fraction of sp³-hybridized carbons (Fsp3) is 0.267. The zero-order chi connectivity index (χ0) is 17.3. The number of aromatic nitrogens is 1. The Bertz CT molecular complexity index is 658. The first kappa shape index (κ1) is 17.1. The molecule has 0 amide bonds. The molecule has 3 nitrogen and oxygen atoms in total. The van der Waals surface area contributed by atoms with E-state index < -0.39 is 28.8 Å². The molecule has 1 heterocycles. The van der Waals surface area contributed by atoms with Crippen LogP contribution in [0.25, 0.3) is 0 Å². The van der Waals surface area contributed by atoms with E-state index in [0.29, 0.717) is 0 Å². The lowest BCUT2D eigenvalue weighted by Crippen LogP contribution is -2.55. The molecule has 1 unspecified atom stereocenters. The second-order valence-electron chi connectivity index (χ2n) is 4.75. The summed E-state index contributed by atoms with van der Waals surface area (Å²) < 4.78 is 71.7. The molecular formula is C15H12F5NO2. The Morgan fingerprint density at radius 2 is 1.57 bits per heavy atom. The van der Waals surface area contributed by atoms with Crippen molar-refractivity contribution in [1.82, 2.24) is 4.98 Å². The third kappa shape index (κ3) is 2.74. The summed E-state index contributed by atoms with van der Waals surface area (Å²) in [7, 11) is 1.31. The molecule has 1 aromatic carbocycles. The molecule has 2 rings (SSSR count). The summed E-state index contributed by atoms with van der Waals surface area (Å²) in [6, 6.07) is 6.39. The maximum Gasteiger partial charge on any atom is 0.457 e. The summed E-state index contributed by atoms with van der Waals surface area (Å²) in [6.07, 6.45) is -3.99. The molecule has 0 saturated heterocycles. The molecule has 2 aromatic rings. The Morgan fingerprint density at radius 1 is 0.957 bits per heavy atom. The fourth-order valence-electron chi connectivity index (χ4n) is 2.14. The van der Waals surface area contributed by atoms with Gasteiger partial charge in [-0.25, -0.2) is 0 Å². The Morgan fingerprint density at radius 3 is 2.00 bits per heavy atom. The molecule has 0 saturated carbocycles. The van der Waals surface area contributed by atoms with Crippen LogP contribution in [0.15, 0.2) is 48.8 Å². The lowest BCUT2D eigenvalue weighted by molar-refractivity contribution is -0.336. The van der Waals surface area contributed by atoms with Crippen molar-refractivity contribution in [2.75, 3.05) is 7.11 Å². The van der Waals surface area contributed by atoms with E-state index in [0.717, 1.165) is 30.5 Å². The standard InChI is InChI=1S/C15H12F5NO2/c1-23-12-6-4-10(5-7-12)13(22,11-3-2-8-21-9-11)14(16,17)15(18,19)20/h2-9,22H,1H3. The largest absolute Gasteiger partial charge is 0.497 e. The average molecular weight is 333 g/mol. The summed E-state index contributed by atoms with van der Waals surface area (Å²) in [5.74, 6) is -5.19. The van der Waals surface area contributed by atoms with E-state index in [-0.39, 0.29) is 5.75 Å². The SMILES string of the molecule is COc1ccc(C(O)(c2cccnc2)C(F)(F)C(F)(F)F)cc1. The van der Waals surface area contributed by atoms with Crippen LogP contribution in [0.2, 0.25) is 0 Å². The molecule has 1 N–H and O–H groups in total. The van der Waals surface area contributed by atoms with Crippen molar-refractivity contribution in [1.29, 1.82) is 0 Å². The van der Waals surface area contributed by atoms with Crippen molar-refractivity contribution >= 4 is 0 Å². The average Bonchev–Trinajstić information content (AvgIpc) is 2.53. The van der Waals surface area contributed by atoms with Crippen LogP contribution in [0, 0.1) is 0 Å². The highest BCUT2D eigenvalue weighted by Crippen LogP contribution is 2.51. The van der Waals surface area contributed by atoms with Gasteiger partial charge in [-0.15, -0.1) is 0 Å². The molecule has 1 aromatic heterocycles. The van der Waals surface area contributed by atoms with Gasteiger partial charge in [-0.2, -0.15) is 22.0 Å². The second-order valence-corrected chi connectivity index (χ2v) is 4.75. The van der Waals surface area contributed by atoms with Gasteiger partial charge < -0.3 is 9.84 Å². The first-order valence-corrected chi connectivity index (χ1v) is 6.36. The second kappa shape index (κ2) is 5.77. The molecular weight excluding hydrogens is 321 g/mol. The van der Waals surface area contributed by atoms with Crippen molar-refractivity contribution in [3.05, 3.63) is 59.9 Å². The Labute approximate surface area is 128 Å². The zero-order valence-corrected chi connectivity index (χ0v) is 11.8. The van der Waals surface area contributed by atoms with Crippen LogP contribution in [0.3, 0.4) is 0 Å². The summed E-state index contributed by atoms with van der Waals surface area (Å²) in [4.78, 5) is 3.52. The maximum absolute atomic E-state index is 14.1. The summed E-state index contributed by atoms with van der Waals surface area (Å²) in [6.45, 7) is 0. The highest BCUT2D eigenvalue weighted by molar-refractivity contribution is 5.41. The third-order valence-electron chi connectivity index (χ3n) is 3.40. The topological polar surface area (TPSA) is 42.4 Å². The van der Waals surface area contributed by atoms with Crippen LogP contribution in [0.4, 0.5) is 22.0 Å². The molecule has 23 heavy (non-hydrogen) atoms. The quantitative estimate of drug-likeness (QED) is 0.871. The van der Waals surface area contributed by atoms with Gasteiger partial charge in [0, 0.05) is 18.0 Å². The van der Waals surface area contributed by atoms with Gasteiger partial charge in [0.25, 0.3) is 0 Å². The monoisotopic (exact) mass is 333 g/mol. The normalized spacial score (nSPS) is 15.1. The predicted molar refractivity (Wildman–Crippen MR) is 71.2 cm³/mol. The molecule has 0 aliphatic heterocycles. The molecule has 0 bridgehead atoms. The van der Waals surface area contributed by atoms with Crippen LogP contribution in [0.5, 0.6) is 5.75 Å². The van der Waals surface area contributed by atoms with Gasteiger partial charge in [0.05, 0.1) is 7.11 Å². The van der Waals surface area contributed by atoms with Gasteiger partial charge in [0.2, 0.25) is 0 Å². The predicted octanol–water partition coefficient (Wildman–Crippen LogP) is 3.52. The van der Waals surface area contributed by atoms with Gasteiger partial charge in [-0.1, -0.05) is 18.2 Å². The van der Waals surface area contributed by atoms with Gasteiger partial charge in [0.1, 0.15) is 5.75 Å². The Hall–Kier alpha value is -2.22. The highest BCUT2D eigenvalue weighted by atomic mass is 19.4. The first-order valence-electron chi connectivity index (χ1n) is 6.36. The fourth-order valence-corrected chi connectivity index (χ4v) is 2.14. The number of pyridine rings is 1. The number of nitrogens with zero attached hydrogens (tertiary/aromatic N) is 1. The molecule has 124 valence electrons. The van der Waals surface area contributed by atoms with Crippen molar-refractivity contribution in [3.63, 3.8) is 0 Å². The first-order chi connectivity index (χ1) is 10.6. The number of halogens is 5. The lowest BCUT2D eigenvalue weighted by Gasteiger charge is -2.37. The highest BCUT2D eigenvalue weighted by Gasteiger charge is 2.71. The van der Waals surface area contributed by atoms with Crippen molar-refractivity contribution in [2.45, 2.75) is 17.7 Å². The Kier molecular flexibility index (Phi) is 4.30. The molecule has 1 atom stereocenters. The summed E-state index contributed by atoms with van der Waals surface area (Å²) >= 11 is 0. The van der Waals surface area contributed by atoms with Crippen LogP contribution >= 0.6 is 0 Å². The van der Waals surface area contributed by atoms with E-state index >= 15 is 0 Å². The zero-order valence-electron chi connectivity index (χ0n) is 11.8. The number of aliphatic hydroxyl groups is 1. The van der Waals surface area contributed by atoms with E-state index in [1.54, 1.807) is 0 Å². The molecule has 0 aliphatic rings. The minimum absolute atomic E-state index is 0.248. The number of methoxy groups -OCH3 is 1.